The Hall–Kier alpha value is -1.48. The molecule has 3 heteroatoms. The van der Waals surface area contributed by atoms with Gasteiger partial charge in [-0.1, -0.05) is 38.1 Å². The summed E-state index contributed by atoms with van der Waals surface area (Å²) >= 11 is 3.33. The Kier molecular flexibility index (Phi) is 4.48. The van der Waals surface area contributed by atoms with E-state index in [0.29, 0.717) is 17.9 Å². The Morgan fingerprint density at radius 3 is 2.74 bits per heavy atom. The molecule has 0 N–H and O–H groups in total. The molecule has 2 aromatic rings. The molecule has 0 spiro atoms. The largest absolute Gasteiger partial charge is 0.294 e. The van der Waals surface area contributed by atoms with Gasteiger partial charge >= 0.3 is 0 Å². The quantitative estimate of drug-likeness (QED) is 0.783. The van der Waals surface area contributed by atoms with Crippen LogP contribution in [-0.4, -0.2) is 10.8 Å². The van der Waals surface area contributed by atoms with Gasteiger partial charge in [-0.15, -0.1) is 0 Å². The van der Waals surface area contributed by atoms with Crippen LogP contribution in [0.2, 0.25) is 0 Å². The number of aromatic nitrogens is 1. The Morgan fingerprint density at radius 2 is 2.05 bits per heavy atom. The summed E-state index contributed by atoms with van der Waals surface area (Å²) in [5, 5.41) is 0. The van der Waals surface area contributed by atoms with Gasteiger partial charge < -0.3 is 0 Å². The molecule has 0 saturated heterocycles. The highest BCUT2D eigenvalue weighted by atomic mass is 79.9. The lowest BCUT2D eigenvalue weighted by Crippen LogP contribution is -2.04. The molecule has 0 aliphatic heterocycles. The topological polar surface area (TPSA) is 30.0 Å². The van der Waals surface area contributed by atoms with Crippen molar-refractivity contribution in [3.05, 3.63) is 63.9 Å². The lowest BCUT2D eigenvalue weighted by molar-refractivity contribution is 0.0992. The van der Waals surface area contributed by atoms with E-state index in [1.807, 2.05) is 18.2 Å². The van der Waals surface area contributed by atoms with Crippen LogP contribution in [0.3, 0.4) is 0 Å². The Morgan fingerprint density at radius 1 is 1.26 bits per heavy atom. The van der Waals surface area contributed by atoms with Crippen molar-refractivity contribution in [3.63, 3.8) is 0 Å². The van der Waals surface area contributed by atoms with E-state index in [4.69, 9.17) is 0 Å². The average molecular weight is 318 g/mol. The highest BCUT2D eigenvalue weighted by Gasteiger charge is 2.09. The van der Waals surface area contributed by atoms with Crippen LogP contribution >= 0.6 is 15.9 Å². The number of Topliss-reactive ketones (excluding diaryl/α,β-unsaturated/α-hetero) is 1. The molecule has 0 saturated carbocycles. The molecule has 1 aromatic carbocycles. The average Bonchev–Trinajstić information content (AvgIpc) is 2.39. The number of halogens is 1. The maximum atomic E-state index is 12.2. The van der Waals surface area contributed by atoms with E-state index < -0.39 is 0 Å². The smallest absolute Gasteiger partial charge is 0.168 e. The number of ketones is 1. The molecule has 0 aliphatic rings. The van der Waals surface area contributed by atoms with Crippen LogP contribution in [0.4, 0.5) is 0 Å². The van der Waals surface area contributed by atoms with Crippen molar-refractivity contribution in [1.82, 2.24) is 4.98 Å². The molecule has 19 heavy (non-hydrogen) atoms. The lowest BCUT2D eigenvalue weighted by atomic mass is 9.97. The fourth-order valence-electron chi connectivity index (χ4n) is 1.91. The first-order valence-corrected chi connectivity index (χ1v) is 7.08. The third-order valence-corrected chi connectivity index (χ3v) is 3.44. The van der Waals surface area contributed by atoms with Gasteiger partial charge in [-0.05, 0) is 39.0 Å². The van der Waals surface area contributed by atoms with Gasteiger partial charge in [0.2, 0.25) is 0 Å². The van der Waals surface area contributed by atoms with E-state index >= 15 is 0 Å². The van der Waals surface area contributed by atoms with Crippen LogP contribution in [0.15, 0.2) is 47.2 Å². The molecule has 0 atom stereocenters. The van der Waals surface area contributed by atoms with Crippen molar-refractivity contribution in [2.75, 3.05) is 0 Å². The van der Waals surface area contributed by atoms with E-state index in [-0.39, 0.29) is 5.78 Å². The molecule has 98 valence electrons. The van der Waals surface area contributed by atoms with Gasteiger partial charge in [-0.2, -0.15) is 0 Å². The van der Waals surface area contributed by atoms with Gasteiger partial charge in [0.05, 0.1) is 0 Å². The molecule has 0 radical (unpaired) electrons. The second kappa shape index (κ2) is 6.11. The van der Waals surface area contributed by atoms with E-state index in [0.717, 1.165) is 10.0 Å². The first-order valence-electron chi connectivity index (χ1n) is 6.29. The minimum absolute atomic E-state index is 0.0923. The predicted molar refractivity (Wildman–Crippen MR) is 80.5 cm³/mol. The van der Waals surface area contributed by atoms with Crippen molar-refractivity contribution >= 4 is 21.7 Å². The van der Waals surface area contributed by atoms with Gasteiger partial charge in [-0.3, -0.25) is 9.78 Å². The minimum atomic E-state index is 0.0923. The molecule has 2 rings (SSSR count). The fraction of sp³-hybridized carbons (Fsp3) is 0.250. The maximum Gasteiger partial charge on any atom is 0.168 e. The van der Waals surface area contributed by atoms with E-state index in [1.165, 1.54) is 5.56 Å². The van der Waals surface area contributed by atoms with Crippen LogP contribution in [0.1, 0.15) is 41.3 Å². The van der Waals surface area contributed by atoms with Gasteiger partial charge in [-0.25, -0.2) is 0 Å². The van der Waals surface area contributed by atoms with Crippen LogP contribution in [0.5, 0.6) is 0 Å². The zero-order chi connectivity index (χ0) is 13.8. The Labute approximate surface area is 122 Å². The van der Waals surface area contributed by atoms with Crippen molar-refractivity contribution in [2.45, 2.75) is 26.2 Å². The number of hydrogen-bond acceptors (Lipinski definition) is 2. The van der Waals surface area contributed by atoms with Crippen LogP contribution in [0, 0.1) is 0 Å². The molecule has 0 aliphatic carbocycles. The summed E-state index contributed by atoms with van der Waals surface area (Å²) < 4.78 is 0.828. The van der Waals surface area contributed by atoms with Gasteiger partial charge in [0.25, 0.3) is 0 Å². The van der Waals surface area contributed by atoms with E-state index in [9.17, 15) is 4.79 Å². The normalized spacial score (nSPS) is 10.7. The third kappa shape index (κ3) is 3.74. The molecule has 0 unspecified atom stereocenters. The molecule has 1 aromatic heterocycles. The summed E-state index contributed by atoms with van der Waals surface area (Å²) in [5.74, 6) is 0.567. The van der Waals surface area contributed by atoms with Crippen molar-refractivity contribution in [2.24, 2.45) is 0 Å². The number of rotatable bonds is 4. The third-order valence-electron chi connectivity index (χ3n) is 3.01. The number of pyridine rings is 1. The molecule has 1 heterocycles. The standard InChI is InChI=1S/C16H16BrNO/c1-11(2)13-5-3-4-12(6-13)7-16(19)14-8-15(17)10-18-9-14/h3-6,8-11H,7H2,1-2H3. The second-order valence-corrected chi connectivity index (χ2v) is 5.81. The SMILES string of the molecule is CC(C)c1cccc(CC(=O)c2cncc(Br)c2)c1. The lowest BCUT2D eigenvalue weighted by Gasteiger charge is -2.08. The van der Waals surface area contributed by atoms with E-state index in [1.54, 1.807) is 12.4 Å². The van der Waals surface area contributed by atoms with E-state index in [2.05, 4.69) is 46.9 Å². The Bertz CT molecular complexity index is 593. The summed E-state index contributed by atoms with van der Waals surface area (Å²) in [6, 6.07) is 10.0. The van der Waals surface area contributed by atoms with Gasteiger partial charge in [0.1, 0.15) is 0 Å². The summed E-state index contributed by atoms with van der Waals surface area (Å²) in [4.78, 5) is 16.2. The molecule has 0 amide bonds. The number of nitrogens with zero attached hydrogens (tertiary/aromatic N) is 1. The first kappa shape index (κ1) is 13.9. The molecular weight excluding hydrogens is 302 g/mol. The monoisotopic (exact) mass is 317 g/mol. The summed E-state index contributed by atoms with van der Waals surface area (Å²) in [6.45, 7) is 4.30. The second-order valence-electron chi connectivity index (χ2n) is 4.89. The first-order chi connectivity index (χ1) is 9.06. The predicted octanol–water partition coefficient (Wildman–Crippen LogP) is 4.39. The summed E-state index contributed by atoms with van der Waals surface area (Å²) in [5.41, 5.74) is 2.96. The minimum Gasteiger partial charge on any atom is -0.294 e. The highest BCUT2D eigenvalue weighted by Crippen LogP contribution is 2.17. The zero-order valence-corrected chi connectivity index (χ0v) is 12.6. The van der Waals surface area contributed by atoms with Crippen molar-refractivity contribution < 1.29 is 4.79 Å². The zero-order valence-electron chi connectivity index (χ0n) is 11.1. The summed E-state index contributed by atoms with van der Waals surface area (Å²) in [6.07, 6.45) is 3.70. The van der Waals surface area contributed by atoms with Crippen LogP contribution in [-0.2, 0) is 6.42 Å². The number of carbonyl (C=O) groups is 1. The van der Waals surface area contributed by atoms with Gasteiger partial charge in [0, 0.05) is 28.9 Å². The summed E-state index contributed by atoms with van der Waals surface area (Å²) in [7, 11) is 0. The Balaban J connectivity index is 2.17. The number of benzene rings is 1. The molecule has 0 bridgehead atoms. The number of hydrogen-bond donors (Lipinski definition) is 0. The maximum absolute atomic E-state index is 12.2. The van der Waals surface area contributed by atoms with Crippen molar-refractivity contribution in [1.29, 1.82) is 0 Å². The van der Waals surface area contributed by atoms with Gasteiger partial charge in [0.15, 0.2) is 5.78 Å². The molecule has 2 nitrogen and oxygen atoms in total. The molecule has 0 fully saturated rings. The van der Waals surface area contributed by atoms with Crippen molar-refractivity contribution in [3.8, 4) is 0 Å². The van der Waals surface area contributed by atoms with Crippen LogP contribution < -0.4 is 0 Å². The fourth-order valence-corrected chi connectivity index (χ4v) is 2.28. The van der Waals surface area contributed by atoms with Crippen LogP contribution in [0.25, 0.3) is 0 Å². The highest BCUT2D eigenvalue weighted by molar-refractivity contribution is 9.10. The number of carbonyl (C=O) groups excluding carboxylic acids is 1. The molecular formula is C16H16BrNO.